The molecule has 0 unspecified atom stereocenters. The van der Waals surface area contributed by atoms with Gasteiger partial charge in [-0.15, -0.1) is 11.3 Å². The van der Waals surface area contributed by atoms with Crippen LogP contribution in [0.4, 0.5) is 5.13 Å². The molecule has 1 saturated carbocycles. The number of aromatic nitrogens is 1. The molecule has 2 heterocycles. The Balaban J connectivity index is 1.46. The van der Waals surface area contributed by atoms with E-state index in [4.69, 9.17) is 0 Å². The first kappa shape index (κ1) is 14.6. The Morgan fingerprint density at radius 3 is 2.39 bits per heavy atom. The van der Waals surface area contributed by atoms with Crippen molar-refractivity contribution in [3.8, 4) is 0 Å². The number of nitrogens with one attached hydrogen (secondary N) is 1. The van der Waals surface area contributed by atoms with E-state index in [1.165, 1.54) is 11.3 Å². The third kappa shape index (κ3) is 2.14. The molecular formula is C16H17N3O3S. The lowest BCUT2D eigenvalue weighted by atomic mass is 9.85. The molecule has 3 aliphatic rings. The zero-order valence-corrected chi connectivity index (χ0v) is 13.7. The number of carbonyl (C=O) groups excluding carboxylic acids is 3. The number of carbonyl (C=O) groups is 3. The number of fused-ring (bicyclic) bond motifs is 5. The fraction of sp³-hybridized carbons (Fsp3) is 0.500. The fourth-order valence-corrected chi connectivity index (χ4v) is 4.78. The Hall–Kier alpha value is -2.02. The highest BCUT2D eigenvalue weighted by atomic mass is 32.1. The summed E-state index contributed by atoms with van der Waals surface area (Å²) in [6, 6.07) is 0. The molecule has 120 valence electrons. The number of hydrogen-bond acceptors (Lipinski definition) is 5. The van der Waals surface area contributed by atoms with Crippen LogP contribution >= 0.6 is 11.3 Å². The van der Waals surface area contributed by atoms with Gasteiger partial charge in [0.05, 0.1) is 17.5 Å². The van der Waals surface area contributed by atoms with Gasteiger partial charge in [0.15, 0.2) is 5.13 Å². The first-order chi connectivity index (χ1) is 11.0. The molecule has 4 atom stereocenters. The van der Waals surface area contributed by atoms with Gasteiger partial charge in [-0.05, 0) is 32.1 Å². The number of hydrogen-bond donors (Lipinski definition) is 1. The Morgan fingerprint density at radius 1 is 1.26 bits per heavy atom. The number of nitrogens with zero attached hydrogens (tertiary/aromatic N) is 2. The predicted molar refractivity (Wildman–Crippen MR) is 84.7 cm³/mol. The summed E-state index contributed by atoms with van der Waals surface area (Å²) in [6.45, 7) is 3.58. The molecular weight excluding hydrogens is 314 g/mol. The molecule has 2 aliphatic carbocycles. The first-order valence-corrected chi connectivity index (χ1v) is 8.55. The number of anilines is 1. The van der Waals surface area contributed by atoms with E-state index in [0.717, 1.165) is 21.9 Å². The monoisotopic (exact) mass is 331 g/mol. The van der Waals surface area contributed by atoms with Crippen LogP contribution in [0.2, 0.25) is 0 Å². The Kier molecular flexibility index (Phi) is 3.16. The van der Waals surface area contributed by atoms with E-state index in [1.807, 2.05) is 26.0 Å². The largest absolute Gasteiger partial charge is 0.300 e. The minimum atomic E-state index is -0.374. The van der Waals surface area contributed by atoms with E-state index in [0.29, 0.717) is 5.13 Å². The summed E-state index contributed by atoms with van der Waals surface area (Å²) in [5, 5.41) is 3.19. The fourth-order valence-electron chi connectivity index (χ4n) is 3.95. The van der Waals surface area contributed by atoms with Crippen LogP contribution < -0.4 is 5.32 Å². The van der Waals surface area contributed by atoms with Crippen molar-refractivity contribution in [3.05, 3.63) is 22.7 Å². The quantitative estimate of drug-likeness (QED) is 0.672. The lowest BCUT2D eigenvalue weighted by molar-refractivity contribution is -0.143. The van der Waals surface area contributed by atoms with Gasteiger partial charge in [-0.3, -0.25) is 19.3 Å². The maximum Gasteiger partial charge on any atom is 0.246 e. The van der Waals surface area contributed by atoms with Gasteiger partial charge >= 0.3 is 0 Å². The van der Waals surface area contributed by atoms with E-state index in [-0.39, 0.29) is 47.9 Å². The second-order valence-electron chi connectivity index (χ2n) is 6.47. The van der Waals surface area contributed by atoms with Crippen LogP contribution in [-0.4, -0.2) is 34.2 Å². The smallest absolute Gasteiger partial charge is 0.246 e. The van der Waals surface area contributed by atoms with Crippen LogP contribution in [0, 0.1) is 37.5 Å². The minimum absolute atomic E-state index is 0.166. The lowest BCUT2D eigenvalue weighted by Gasteiger charge is -2.16. The van der Waals surface area contributed by atoms with Crippen molar-refractivity contribution in [2.45, 2.75) is 20.3 Å². The maximum atomic E-state index is 12.5. The van der Waals surface area contributed by atoms with Crippen molar-refractivity contribution >= 4 is 34.2 Å². The predicted octanol–water partition coefficient (Wildman–Crippen LogP) is 1.51. The van der Waals surface area contributed by atoms with Gasteiger partial charge < -0.3 is 5.32 Å². The minimum Gasteiger partial charge on any atom is -0.300 e. The summed E-state index contributed by atoms with van der Waals surface area (Å²) in [5.41, 5.74) is 0.871. The number of thiazole rings is 1. The van der Waals surface area contributed by atoms with Gasteiger partial charge in [-0.1, -0.05) is 12.2 Å². The van der Waals surface area contributed by atoms with Crippen molar-refractivity contribution in [3.63, 3.8) is 0 Å². The van der Waals surface area contributed by atoms with Gasteiger partial charge in [0, 0.05) is 4.88 Å². The summed E-state index contributed by atoms with van der Waals surface area (Å²) in [7, 11) is 0. The average molecular weight is 331 g/mol. The highest BCUT2D eigenvalue weighted by molar-refractivity contribution is 7.15. The molecule has 1 aromatic heterocycles. The summed E-state index contributed by atoms with van der Waals surface area (Å²) in [5.74, 6) is -0.945. The van der Waals surface area contributed by atoms with E-state index < -0.39 is 0 Å². The van der Waals surface area contributed by atoms with Crippen molar-refractivity contribution in [1.82, 2.24) is 9.88 Å². The van der Waals surface area contributed by atoms with Crippen LogP contribution in [0.15, 0.2) is 12.2 Å². The van der Waals surface area contributed by atoms with Crippen molar-refractivity contribution in [1.29, 1.82) is 0 Å². The Bertz CT molecular complexity index is 704. The molecule has 1 N–H and O–H groups in total. The number of allylic oxidation sites excluding steroid dienone is 2. The summed E-state index contributed by atoms with van der Waals surface area (Å²) < 4.78 is 0. The van der Waals surface area contributed by atoms with Crippen LogP contribution in [0.25, 0.3) is 0 Å². The standard InChI is InChI=1S/C16H17N3O3S/c1-7-8(2)23-16(17-7)18-11(20)6-19-14(21)12-9-3-4-10(5-9)13(12)15(19)22/h3-4,9-10,12-13H,5-6H2,1-2H3,(H,17,18,20)/t9-,10-,12-,13-/m0/s1. The zero-order chi connectivity index (χ0) is 16.3. The molecule has 23 heavy (non-hydrogen) atoms. The summed E-state index contributed by atoms with van der Waals surface area (Å²) in [6.07, 6.45) is 4.98. The molecule has 2 fully saturated rings. The molecule has 3 amide bonds. The molecule has 6 nitrogen and oxygen atoms in total. The molecule has 0 spiro atoms. The van der Waals surface area contributed by atoms with E-state index >= 15 is 0 Å². The third-order valence-electron chi connectivity index (χ3n) is 5.14. The van der Waals surface area contributed by atoms with Crippen LogP contribution in [0.1, 0.15) is 17.0 Å². The van der Waals surface area contributed by atoms with Gasteiger partial charge in [-0.25, -0.2) is 4.98 Å². The van der Waals surface area contributed by atoms with Gasteiger partial charge in [0.1, 0.15) is 6.54 Å². The summed E-state index contributed by atoms with van der Waals surface area (Å²) in [4.78, 5) is 43.6. The average Bonchev–Trinajstić information content (AvgIpc) is 3.22. The molecule has 1 saturated heterocycles. The Morgan fingerprint density at radius 2 is 1.87 bits per heavy atom. The molecule has 4 rings (SSSR count). The van der Waals surface area contributed by atoms with Gasteiger partial charge in [-0.2, -0.15) is 0 Å². The van der Waals surface area contributed by atoms with Crippen molar-refractivity contribution in [2.75, 3.05) is 11.9 Å². The SMILES string of the molecule is Cc1nc(NC(=O)CN2C(=O)[C@@H]3[C@@H](C2=O)[C@H]2C=C[C@H]3C2)sc1C. The number of amides is 3. The van der Waals surface area contributed by atoms with Crippen molar-refractivity contribution < 1.29 is 14.4 Å². The van der Waals surface area contributed by atoms with E-state index in [9.17, 15) is 14.4 Å². The zero-order valence-electron chi connectivity index (χ0n) is 12.9. The topological polar surface area (TPSA) is 79.4 Å². The molecule has 1 aliphatic heterocycles. The highest BCUT2D eigenvalue weighted by Crippen LogP contribution is 2.52. The first-order valence-electron chi connectivity index (χ1n) is 7.73. The second-order valence-corrected chi connectivity index (χ2v) is 7.67. The maximum absolute atomic E-state index is 12.5. The van der Waals surface area contributed by atoms with Gasteiger partial charge in [0.25, 0.3) is 0 Å². The van der Waals surface area contributed by atoms with Crippen LogP contribution in [0.5, 0.6) is 0 Å². The van der Waals surface area contributed by atoms with Crippen LogP contribution in [0.3, 0.4) is 0 Å². The summed E-state index contributed by atoms with van der Waals surface area (Å²) >= 11 is 1.39. The lowest BCUT2D eigenvalue weighted by Crippen LogP contribution is -2.39. The number of rotatable bonds is 3. The second kappa shape index (κ2) is 4.99. The van der Waals surface area contributed by atoms with Crippen molar-refractivity contribution in [2.24, 2.45) is 23.7 Å². The van der Waals surface area contributed by atoms with E-state index in [1.54, 1.807) is 0 Å². The van der Waals surface area contributed by atoms with E-state index in [2.05, 4.69) is 10.3 Å². The van der Waals surface area contributed by atoms with Gasteiger partial charge in [0.2, 0.25) is 17.7 Å². The molecule has 0 radical (unpaired) electrons. The molecule has 7 heteroatoms. The highest BCUT2D eigenvalue weighted by Gasteiger charge is 2.59. The third-order valence-corrected chi connectivity index (χ3v) is 6.13. The number of likely N-dealkylation sites (tertiary alicyclic amines) is 1. The van der Waals surface area contributed by atoms with Crippen LogP contribution in [-0.2, 0) is 14.4 Å². The molecule has 0 aromatic carbocycles. The number of imide groups is 1. The molecule has 2 bridgehead atoms. The normalized spacial score (nSPS) is 31.1. The Labute approximate surface area is 137 Å². The molecule has 1 aromatic rings. The number of aryl methyl sites for hydroxylation is 2.